The molecule has 2 N–H and O–H groups in total. The molecule has 0 aromatic heterocycles. The second-order valence-electron chi connectivity index (χ2n) is 3.60. The summed E-state index contributed by atoms with van der Waals surface area (Å²) in [6, 6.07) is 6.18. The third kappa shape index (κ3) is 3.85. The molecule has 1 aromatic rings. The molecule has 0 saturated heterocycles. The summed E-state index contributed by atoms with van der Waals surface area (Å²) in [5, 5.41) is 12.0. The number of nitrogens with one attached hydrogen (secondary N) is 1. The lowest BCUT2D eigenvalue weighted by atomic mass is 10.1. The lowest BCUT2D eigenvalue weighted by molar-refractivity contribution is -0.139. The number of carboxylic acids is 1. The maximum atomic E-state index is 11.7. The molecule has 0 heterocycles. The van der Waals surface area contributed by atoms with Crippen LogP contribution in [0.4, 0.5) is 0 Å². The first kappa shape index (κ1) is 13.7. The van der Waals surface area contributed by atoms with Crippen molar-refractivity contribution in [3.05, 3.63) is 35.4 Å². The van der Waals surface area contributed by atoms with Gasteiger partial charge in [0.2, 0.25) is 0 Å². The summed E-state index contributed by atoms with van der Waals surface area (Å²) in [6.07, 6.45) is 0.362. The fourth-order valence-electron chi connectivity index (χ4n) is 1.33. The highest BCUT2D eigenvalue weighted by molar-refractivity contribution is 9.08. The Morgan fingerprint density at radius 3 is 2.35 bits per heavy atom. The predicted molar refractivity (Wildman–Crippen MR) is 68.3 cm³/mol. The number of aliphatic carboxylic acids is 1. The Hall–Kier alpha value is -1.36. The van der Waals surface area contributed by atoms with E-state index >= 15 is 0 Å². The Kier molecular flexibility index (Phi) is 5.15. The van der Waals surface area contributed by atoms with Crippen molar-refractivity contribution in [3.8, 4) is 0 Å². The molecule has 0 aliphatic carbocycles. The Labute approximate surface area is 108 Å². The van der Waals surface area contributed by atoms with Crippen LogP contribution in [0.25, 0.3) is 0 Å². The number of benzene rings is 1. The normalized spacial score (nSPS) is 11.9. The van der Waals surface area contributed by atoms with Gasteiger partial charge in [0.15, 0.2) is 0 Å². The summed E-state index contributed by atoms with van der Waals surface area (Å²) in [5.41, 5.74) is 1.53. The smallest absolute Gasteiger partial charge is 0.326 e. The number of rotatable bonds is 5. The highest BCUT2D eigenvalue weighted by Crippen LogP contribution is 2.08. The van der Waals surface area contributed by atoms with Crippen LogP contribution in [0.1, 0.15) is 29.3 Å². The number of amides is 1. The highest BCUT2D eigenvalue weighted by atomic mass is 79.9. The molecule has 17 heavy (non-hydrogen) atoms. The molecule has 0 spiro atoms. The summed E-state index contributed by atoms with van der Waals surface area (Å²) in [5.74, 6) is -1.38. The lowest BCUT2D eigenvalue weighted by Gasteiger charge is -2.12. The summed E-state index contributed by atoms with van der Waals surface area (Å²) in [7, 11) is 0. The van der Waals surface area contributed by atoms with Gasteiger partial charge in [-0.2, -0.15) is 0 Å². The first-order valence-corrected chi connectivity index (χ1v) is 6.39. The third-order valence-corrected chi connectivity index (χ3v) is 3.03. The number of hydrogen-bond acceptors (Lipinski definition) is 2. The summed E-state index contributed by atoms with van der Waals surface area (Å²) in [6.45, 7) is 1.72. The van der Waals surface area contributed by atoms with Gasteiger partial charge in [0.1, 0.15) is 6.04 Å². The van der Waals surface area contributed by atoms with Crippen LogP contribution >= 0.6 is 15.9 Å². The highest BCUT2D eigenvalue weighted by Gasteiger charge is 2.18. The minimum absolute atomic E-state index is 0.361. The van der Waals surface area contributed by atoms with Crippen LogP contribution < -0.4 is 5.32 Å². The quantitative estimate of drug-likeness (QED) is 0.819. The van der Waals surface area contributed by atoms with Gasteiger partial charge in [-0.1, -0.05) is 35.0 Å². The minimum atomic E-state index is -1.02. The number of carboxylic acid groups (broad SMARTS) is 1. The largest absolute Gasteiger partial charge is 0.480 e. The van der Waals surface area contributed by atoms with Gasteiger partial charge in [-0.3, -0.25) is 4.79 Å². The maximum Gasteiger partial charge on any atom is 0.326 e. The topological polar surface area (TPSA) is 66.4 Å². The molecule has 1 aromatic carbocycles. The van der Waals surface area contributed by atoms with Gasteiger partial charge in [0, 0.05) is 10.9 Å². The van der Waals surface area contributed by atoms with Crippen molar-refractivity contribution < 1.29 is 14.7 Å². The molecule has 0 fully saturated rings. The number of alkyl halides is 1. The van der Waals surface area contributed by atoms with Crippen LogP contribution in [-0.4, -0.2) is 23.0 Å². The third-order valence-electron chi connectivity index (χ3n) is 2.38. The average Bonchev–Trinajstić information content (AvgIpc) is 2.35. The van der Waals surface area contributed by atoms with Gasteiger partial charge < -0.3 is 10.4 Å². The molecule has 0 radical (unpaired) electrons. The SMILES string of the molecule is CCC(NC(=O)c1ccc(CBr)cc1)C(=O)O. The predicted octanol–water partition coefficient (Wildman–Crippen LogP) is 2.17. The molecule has 1 atom stereocenters. The monoisotopic (exact) mass is 299 g/mol. The molecule has 4 nitrogen and oxygen atoms in total. The van der Waals surface area contributed by atoms with Crippen LogP contribution in [0.3, 0.4) is 0 Å². The van der Waals surface area contributed by atoms with Crippen molar-refractivity contribution in [2.45, 2.75) is 24.7 Å². The Bertz CT molecular complexity index is 403. The van der Waals surface area contributed by atoms with Crippen molar-refractivity contribution >= 4 is 27.8 Å². The Morgan fingerprint density at radius 2 is 1.94 bits per heavy atom. The van der Waals surface area contributed by atoms with Gasteiger partial charge in [0.05, 0.1) is 0 Å². The molecule has 0 bridgehead atoms. The van der Waals surface area contributed by atoms with Crippen molar-refractivity contribution in [2.24, 2.45) is 0 Å². The molecule has 92 valence electrons. The van der Waals surface area contributed by atoms with E-state index < -0.39 is 12.0 Å². The molecule has 1 amide bonds. The van der Waals surface area contributed by atoms with Crippen LogP contribution in [-0.2, 0) is 10.1 Å². The summed E-state index contributed by atoms with van der Waals surface area (Å²) >= 11 is 3.31. The molecular formula is C12H14BrNO3. The van der Waals surface area contributed by atoms with Gasteiger partial charge in [0.25, 0.3) is 5.91 Å². The zero-order valence-corrected chi connectivity index (χ0v) is 11.0. The van der Waals surface area contributed by atoms with E-state index in [0.29, 0.717) is 12.0 Å². The van der Waals surface area contributed by atoms with Crippen molar-refractivity contribution in [1.29, 1.82) is 0 Å². The molecule has 1 unspecified atom stereocenters. The van der Waals surface area contributed by atoms with Crippen LogP contribution in [0, 0.1) is 0 Å². The van der Waals surface area contributed by atoms with Crippen molar-refractivity contribution in [2.75, 3.05) is 0 Å². The van der Waals surface area contributed by atoms with Crippen molar-refractivity contribution in [1.82, 2.24) is 5.32 Å². The van der Waals surface area contributed by atoms with E-state index in [1.54, 1.807) is 19.1 Å². The zero-order valence-electron chi connectivity index (χ0n) is 9.44. The molecule has 0 saturated carbocycles. The van der Waals surface area contributed by atoms with E-state index in [0.717, 1.165) is 10.9 Å². The Balaban J connectivity index is 2.72. The van der Waals surface area contributed by atoms with Gasteiger partial charge in [-0.05, 0) is 24.1 Å². The molecule has 0 aliphatic rings. The Morgan fingerprint density at radius 1 is 1.35 bits per heavy atom. The fourth-order valence-corrected chi connectivity index (χ4v) is 1.70. The standard InChI is InChI=1S/C12H14BrNO3/c1-2-10(12(16)17)14-11(15)9-5-3-8(7-13)4-6-9/h3-6,10H,2,7H2,1H3,(H,14,15)(H,16,17). The number of hydrogen-bond donors (Lipinski definition) is 2. The van der Waals surface area contributed by atoms with Gasteiger partial charge >= 0.3 is 5.97 Å². The van der Waals surface area contributed by atoms with E-state index in [2.05, 4.69) is 21.2 Å². The van der Waals surface area contributed by atoms with E-state index in [9.17, 15) is 9.59 Å². The van der Waals surface area contributed by atoms with Crippen LogP contribution in [0.2, 0.25) is 0 Å². The van der Waals surface area contributed by atoms with E-state index in [-0.39, 0.29) is 5.91 Å². The second kappa shape index (κ2) is 6.39. The number of carbonyl (C=O) groups excluding carboxylic acids is 1. The second-order valence-corrected chi connectivity index (χ2v) is 4.16. The molecule has 0 aliphatic heterocycles. The molecule has 5 heteroatoms. The van der Waals surface area contributed by atoms with E-state index in [4.69, 9.17) is 5.11 Å². The molecule has 1 rings (SSSR count). The van der Waals surface area contributed by atoms with Crippen LogP contribution in [0.15, 0.2) is 24.3 Å². The van der Waals surface area contributed by atoms with Gasteiger partial charge in [-0.25, -0.2) is 4.79 Å². The first-order valence-electron chi connectivity index (χ1n) is 5.27. The molecular weight excluding hydrogens is 286 g/mol. The maximum absolute atomic E-state index is 11.7. The fraction of sp³-hybridized carbons (Fsp3) is 0.333. The number of halogens is 1. The van der Waals surface area contributed by atoms with Crippen molar-refractivity contribution in [3.63, 3.8) is 0 Å². The van der Waals surface area contributed by atoms with Crippen LogP contribution in [0.5, 0.6) is 0 Å². The lowest BCUT2D eigenvalue weighted by Crippen LogP contribution is -2.40. The van der Waals surface area contributed by atoms with E-state index in [1.165, 1.54) is 0 Å². The zero-order chi connectivity index (χ0) is 12.8. The van der Waals surface area contributed by atoms with Gasteiger partial charge in [-0.15, -0.1) is 0 Å². The average molecular weight is 300 g/mol. The summed E-state index contributed by atoms with van der Waals surface area (Å²) < 4.78 is 0. The van der Waals surface area contributed by atoms with E-state index in [1.807, 2.05) is 12.1 Å². The minimum Gasteiger partial charge on any atom is -0.480 e. The first-order chi connectivity index (χ1) is 8.08. The summed E-state index contributed by atoms with van der Waals surface area (Å²) in [4.78, 5) is 22.5. The number of carbonyl (C=O) groups is 2.